The first kappa shape index (κ1) is 25.0. The SMILES string of the molecule is Fc1cccc(C(Nc2ccccc2S)C(Nc2ccccc2S)c2cccc(C(F)(F)F)c2)c1. The van der Waals surface area contributed by atoms with Gasteiger partial charge in [0.15, 0.2) is 0 Å². The molecule has 35 heavy (non-hydrogen) atoms. The number of benzene rings is 4. The second-order valence-corrected chi connectivity index (χ2v) is 8.92. The molecule has 0 aliphatic heterocycles. The molecule has 2 N–H and O–H groups in total. The van der Waals surface area contributed by atoms with E-state index in [1.54, 1.807) is 42.5 Å². The number of halogens is 4. The maximum Gasteiger partial charge on any atom is 0.416 e. The first-order valence-electron chi connectivity index (χ1n) is 10.7. The summed E-state index contributed by atoms with van der Waals surface area (Å²) in [5, 5.41) is 6.72. The van der Waals surface area contributed by atoms with Crippen LogP contribution in [0.25, 0.3) is 0 Å². The zero-order valence-electron chi connectivity index (χ0n) is 18.3. The van der Waals surface area contributed by atoms with Crippen LogP contribution < -0.4 is 10.6 Å². The van der Waals surface area contributed by atoms with Crippen molar-refractivity contribution in [2.24, 2.45) is 0 Å². The summed E-state index contributed by atoms with van der Waals surface area (Å²) in [5.41, 5.74) is 1.43. The van der Waals surface area contributed by atoms with Crippen LogP contribution in [-0.4, -0.2) is 0 Å². The standard InChI is InChI=1S/C27H22F4N2S2/c28-20-10-6-8-18(16-20)26(33-22-12-2-4-14-24(22)35)25(32-21-11-1-3-13-23(21)34)17-7-5-9-19(15-17)27(29,30)31/h1-16,25-26,32-35H. The number of rotatable bonds is 7. The number of para-hydroxylation sites is 2. The lowest BCUT2D eigenvalue weighted by Crippen LogP contribution is -2.26. The lowest BCUT2D eigenvalue weighted by molar-refractivity contribution is -0.137. The quantitative estimate of drug-likeness (QED) is 0.147. The van der Waals surface area contributed by atoms with Crippen molar-refractivity contribution < 1.29 is 17.6 Å². The van der Waals surface area contributed by atoms with Crippen LogP contribution in [0.5, 0.6) is 0 Å². The number of nitrogens with one attached hydrogen (secondary N) is 2. The van der Waals surface area contributed by atoms with E-state index in [0.717, 1.165) is 12.1 Å². The Balaban J connectivity index is 1.88. The molecule has 0 aliphatic carbocycles. The Morgan fingerprint density at radius 2 is 1.09 bits per heavy atom. The normalized spacial score (nSPS) is 13.2. The third-order valence-corrected chi connectivity index (χ3v) is 6.32. The van der Waals surface area contributed by atoms with E-state index in [-0.39, 0.29) is 0 Å². The molecule has 2 nitrogen and oxygen atoms in total. The van der Waals surface area contributed by atoms with E-state index < -0.39 is 29.6 Å². The third kappa shape index (κ3) is 6.13. The molecule has 0 heterocycles. The molecule has 0 spiro atoms. The van der Waals surface area contributed by atoms with Crippen molar-refractivity contribution in [1.82, 2.24) is 0 Å². The second-order valence-electron chi connectivity index (χ2n) is 7.96. The zero-order chi connectivity index (χ0) is 25.0. The molecule has 0 aromatic heterocycles. The minimum atomic E-state index is -4.51. The highest BCUT2D eigenvalue weighted by molar-refractivity contribution is 7.80. The van der Waals surface area contributed by atoms with Crippen LogP contribution in [0, 0.1) is 5.82 Å². The van der Waals surface area contributed by atoms with E-state index >= 15 is 0 Å². The minimum absolute atomic E-state index is 0.370. The Morgan fingerprint density at radius 1 is 0.600 bits per heavy atom. The molecule has 0 amide bonds. The molecule has 0 saturated heterocycles. The Labute approximate surface area is 212 Å². The molecule has 4 rings (SSSR count). The maximum absolute atomic E-state index is 14.3. The van der Waals surface area contributed by atoms with Gasteiger partial charge >= 0.3 is 6.18 Å². The molecule has 0 saturated carbocycles. The van der Waals surface area contributed by atoms with Crippen molar-refractivity contribution in [1.29, 1.82) is 0 Å². The molecule has 4 aromatic carbocycles. The molecule has 2 unspecified atom stereocenters. The topological polar surface area (TPSA) is 24.1 Å². The number of hydrogen-bond donors (Lipinski definition) is 4. The Bertz CT molecular complexity index is 1310. The average molecular weight is 515 g/mol. The van der Waals surface area contributed by atoms with Crippen LogP contribution in [0.15, 0.2) is 107 Å². The fourth-order valence-electron chi connectivity index (χ4n) is 3.85. The second kappa shape index (κ2) is 10.7. The third-order valence-electron chi connectivity index (χ3n) is 5.54. The molecule has 0 aliphatic rings. The van der Waals surface area contributed by atoms with Crippen LogP contribution in [0.4, 0.5) is 28.9 Å². The van der Waals surface area contributed by atoms with Crippen LogP contribution in [0.3, 0.4) is 0 Å². The summed E-state index contributed by atoms with van der Waals surface area (Å²) < 4.78 is 55.1. The van der Waals surface area contributed by atoms with Crippen LogP contribution in [0.2, 0.25) is 0 Å². The van der Waals surface area contributed by atoms with E-state index in [1.165, 1.54) is 18.2 Å². The molecule has 0 bridgehead atoms. The highest BCUT2D eigenvalue weighted by atomic mass is 32.1. The van der Waals surface area contributed by atoms with Gasteiger partial charge in [0.05, 0.1) is 17.6 Å². The van der Waals surface area contributed by atoms with Crippen molar-refractivity contribution in [3.05, 3.63) is 120 Å². The van der Waals surface area contributed by atoms with Crippen LogP contribution in [0.1, 0.15) is 28.8 Å². The summed E-state index contributed by atoms with van der Waals surface area (Å²) in [6.07, 6.45) is -4.51. The smallest absolute Gasteiger partial charge is 0.375 e. The molecule has 8 heteroatoms. The monoisotopic (exact) mass is 514 g/mol. The van der Waals surface area contributed by atoms with Gasteiger partial charge in [-0.3, -0.25) is 0 Å². The lowest BCUT2D eigenvalue weighted by atomic mass is 9.91. The van der Waals surface area contributed by atoms with Crippen molar-refractivity contribution in [2.45, 2.75) is 28.1 Å². The van der Waals surface area contributed by atoms with E-state index in [2.05, 4.69) is 35.9 Å². The molecular weight excluding hydrogens is 492 g/mol. The van der Waals surface area contributed by atoms with Crippen LogP contribution in [-0.2, 0) is 6.18 Å². The number of anilines is 2. The fraction of sp³-hybridized carbons (Fsp3) is 0.111. The zero-order valence-corrected chi connectivity index (χ0v) is 20.1. The minimum Gasteiger partial charge on any atom is -0.375 e. The summed E-state index contributed by atoms with van der Waals surface area (Å²) in [6.45, 7) is 0. The van der Waals surface area contributed by atoms with Gasteiger partial charge in [0.25, 0.3) is 0 Å². The summed E-state index contributed by atoms with van der Waals surface area (Å²) >= 11 is 9.02. The predicted molar refractivity (Wildman–Crippen MR) is 138 cm³/mol. The fourth-order valence-corrected chi connectivity index (χ4v) is 4.30. The Kier molecular flexibility index (Phi) is 7.62. The van der Waals surface area contributed by atoms with E-state index in [1.807, 2.05) is 24.3 Å². The molecule has 0 radical (unpaired) electrons. The van der Waals surface area contributed by atoms with Gasteiger partial charge < -0.3 is 10.6 Å². The van der Waals surface area contributed by atoms with Gasteiger partial charge in [-0.2, -0.15) is 13.2 Å². The van der Waals surface area contributed by atoms with Gasteiger partial charge in [-0.1, -0.05) is 48.5 Å². The van der Waals surface area contributed by atoms with Crippen molar-refractivity contribution in [3.8, 4) is 0 Å². The van der Waals surface area contributed by atoms with Crippen molar-refractivity contribution in [3.63, 3.8) is 0 Å². The molecule has 4 aromatic rings. The Hall–Kier alpha value is -3.10. The highest BCUT2D eigenvalue weighted by Crippen LogP contribution is 2.39. The summed E-state index contributed by atoms with van der Waals surface area (Å²) in [7, 11) is 0. The highest BCUT2D eigenvalue weighted by Gasteiger charge is 2.33. The van der Waals surface area contributed by atoms with Gasteiger partial charge in [-0.25, -0.2) is 4.39 Å². The van der Waals surface area contributed by atoms with E-state index in [9.17, 15) is 17.6 Å². The van der Waals surface area contributed by atoms with Gasteiger partial charge in [-0.15, -0.1) is 25.3 Å². The van der Waals surface area contributed by atoms with Gasteiger partial charge in [0, 0.05) is 21.2 Å². The maximum atomic E-state index is 14.3. The summed E-state index contributed by atoms with van der Waals surface area (Å²) in [5.74, 6) is -0.453. The molecular formula is C27H22F4N2S2. The predicted octanol–water partition coefficient (Wildman–Crippen LogP) is 8.43. The first-order chi connectivity index (χ1) is 16.7. The molecule has 180 valence electrons. The average Bonchev–Trinajstić information content (AvgIpc) is 2.83. The summed E-state index contributed by atoms with van der Waals surface area (Å²) in [6, 6.07) is 24.2. The van der Waals surface area contributed by atoms with Gasteiger partial charge in [0.2, 0.25) is 0 Å². The summed E-state index contributed by atoms with van der Waals surface area (Å²) in [4.78, 5) is 1.27. The van der Waals surface area contributed by atoms with Crippen molar-refractivity contribution >= 4 is 36.6 Å². The lowest BCUT2D eigenvalue weighted by Gasteiger charge is -2.32. The first-order valence-corrected chi connectivity index (χ1v) is 11.6. The van der Waals surface area contributed by atoms with Gasteiger partial charge in [-0.05, 0) is 59.7 Å². The van der Waals surface area contributed by atoms with Gasteiger partial charge in [0.1, 0.15) is 5.82 Å². The van der Waals surface area contributed by atoms with E-state index in [4.69, 9.17) is 0 Å². The number of alkyl halides is 3. The number of hydrogen-bond acceptors (Lipinski definition) is 4. The van der Waals surface area contributed by atoms with Crippen molar-refractivity contribution in [2.75, 3.05) is 10.6 Å². The largest absolute Gasteiger partial charge is 0.416 e. The van der Waals surface area contributed by atoms with E-state index in [0.29, 0.717) is 32.3 Å². The Morgan fingerprint density at radius 3 is 1.57 bits per heavy atom. The molecule has 2 atom stereocenters. The number of thiol groups is 2. The molecule has 0 fully saturated rings. The van der Waals surface area contributed by atoms with Crippen LogP contribution >= 0.6 is 25.3 Å².